The Labute approximate surface area is 172 Å². The van der Waals surface area contributed by atoms with Crippen LogP contribution in [-0.4, -0.2) is 24.8 Å². The Balaban J connectivity index is 1.91. The first-order valence-electron chi connectivity index (χ1n) is 9.94. The minimum atomic E-state index is -0.543. The van der Waals surface area contributed by atoms with Gasteiger partial charge in [-0.25, -0.2) is 9.78 Å². The summed E-state index contributed by atoms with van der Waals surface area (Å²) in [5, 5.41) is 4.78. The number of anilines is 1. The van der Waals surface area contributed by atoms with Crippen LogP contribution in [0, 0.1) is 11.8 Å². The van der Waals surface area contributed by atoms with Crippen molar-refractivity contribution in [1.29, 1.82) is 0 Å². The number of nitrogens with zero attached hydrogens (tertiary/aromatic N) is 1. The van der Waals surface area contributed by atoms with E-state index in [1.807, 2.05) is 30.3 Å². The van der Waals surface area contributed by atoms with Crippen LogP contribution in [0.5, 0.6) is 5.75 Å². The summed E-state index contributed by atoms with van der Waals surface area (Å²) in [6.45, 7) is 7.39. The molecular weight excluding hydrogens is 364 g/mol. The van der Waals surface area contributed by atoms with Gasteiger partial charge in [0.05, 0.1) is 13.7 Å². The SMILES string of the molecule is COC(=O)Nc1cc(-c2ccc(OCC(C)CC(C)C)c3ccccc23)ccn1. The number of benzene rings is 2. The number of methoxy groups -OCH3 is 1. The molecule has 1 unspecified atom stereocenters. The summed E-state index contributed by atoms with van der Waals surface area (Å²) in [5.74, 6) is 2.50. The van der Waals surface area contributed by atoms with Gasteiger partial charge in [0.15, 0.2) is 0 Å². The van der Waals surface area contributed by atoms with Gasteiger partial charge in [-0.2, -0.15) is 0 Å². The topological polar surface area (TPSA) is 60.5 Å². The van der Waals surface area contributed by atoms with Crippen LogP contribution in [-0.2, 0) is 4.74 Å². The van der Waals surface area contributed by atoms with E-state index in [1.54, 1.807) is 6.20 Å². The lowest BCUT2D eigenvalue weighted by molar-refractivity contribution is 0.187. The van der Waals surface area contributed by atoms with Crippen molar-refractivity contribution in [2.75, 3.05) is 19.0 Å². The molecule has 0 aliphatic carbocycles. The number of amides is 1. The Kier molecular flexibility index (Phi) is 6.70. The van der Waals surface area contributed by atoms with Crippen molar-refractivity contribution in [2.24, 2.45) is 11.8 Å². The van der Waals surface area contributed by atoms with Gasteiger partial charge in [0.25, 0.3) is 0 Å². The second kappa shape index (κ2) is 9.41. The third-order valence-electron chi connectivity index (χ3n) is 4.77. The van der Waals surface area contributed by atoms with Crippen molar-refractivity contribution >= 4 is 22.7 Å². The highest BCUT2D eigenvalue weighted by Crippen LogP contribution is 2.35. The molecule has 0 fully saturated rings. The predicted molar refractivity (Wildman–Crippen MR) is 117 cm³/mol. The van der Waals surface area contributed by atoms with Crippen LogP contribution in [0.2, 0.25) is 0 Å². The Bertz CT molecular complexity index is 985. The van der Waals surface area contributed by atoms with Gasteiger partial charge in [0, 0.05) is 11.6 Å². The summed E-state index contributed by atoms with van der Waals surface area (Å²) in [7, 11) is 1.33. The van der Waals surface area contributed by atoms with Crippen LogP contribution in [0.4, 0.5) is 10.6 Å². The third kappa shape index (κ3) is 5.25. The fourth-order valence-corrected chi connectivity index (χ4v) is 3.58. The van der Waals surface area contributed by atoms with Gasteiger partial charge in [-0.1, -0.05) is 51.1 Å². The van der Waals surface area contributed by atoms with Gasteiger partial charge in [-0.05, 0) is 53.0 Å². The third-order valence-corrected chi connectivity index (χ3v) is 4.77. The maximum atomic E-state index is 11.5. The highest BCUT2D eigenvalue weighted by atomic mass is 16.5. The van der Waals surface area contributed by atoms with Crippen LogP contribution in [0.25, 0.3) is 21.9 Å². The summed E-state index contributed by atoms with van der Waals surface area (Å²) >= 11 is 0. The first kappa shape index (κ1) is 20.6. The zero-order valence-electron chi connectivity index (χ0n) is 17.4. The summed E-state index contributed by atoms with van der Waals surface area (Å²) in [6, 6.07) is 16.0. The van der Waals surface area contributed by atoms with Crippen molar-refractivity contribution in [3.63, 3.8) is 0 Å². The number of hydrogen-bond acceptors (Lipinski definition) is 4. The van der Waals surface area contributed by atoms with E-state index in [0.717, 1.165) is 34.1 Å². The summed E-state index contributed by atoms with van der Waals surface area (Å²) in [6.07, 6.45) is 2.27. The molecule has 5 heteroatoms. The number of pyridine rings is 1. The van der Waals surface area contributed by atoms with Gasteiger partial charge < -0.3 is 9.47 Å². The van der Waals surface area contributed by atoms with Crippen LogP contribution in [0.15, 0.2) is 54.7 Å². The first-order chi connectivity index (χ1) is 14.0. The molecule has 1 aromatic heterocycles. The molecule has 1 amide bonds. The molecular formula is C24H28N2O3. The average molecular weight is 392 g/mol. The number of carbonyl (C=O) groups is 1. The molecule has 0 aliphatic heterocycles. The van der Waals surface area contributed by atoms with Crippen LogP contribution >= 0.6 is 0 Å². The molecule has 0 bridgehead atoms. The molecule has 1 atom stereocenters. The van der Waals surface area contributed by atoms with Gasteiger partial charge in [-0.15, -0.1) is 0 Å². The molecule has 0 saturated heterocycles. The highest BCUT2D eigenvalue weighted by Gasteiger charge is 2.12. The Morgan fingerprint density at radius 1 is 1.07 bits per heavy atom. The second-order valence-corrected chi connectivity index (χ2v) is 7.75. The van der Waals surface area contributed by atoms with Crippen molar-refractivity contribution in [1.82, 2.24) is 4.98 Å². The van der Waals surface area contributed by atoms with Crippen LogP contribution in [0.1, 0.15) is 27.2 Å². The number of fused-ring (bicyclic) bond motifs is 1. The van der Waals surface area contributed by atoms with Gasteiger partial charge >= 0.3 is 6.09 Å². The zero-order valence-corrected chi connectivity index (χ0v) is 17.4. The molecule has 152 valence electrons. The minimum absolute atomic E-state index is 0.446. The smallest absolute Gasteiger partial charge is 0.412 e. The number of hydrogen-bond donors (Lipinski definition) is 1. The lowest BCUT2D eigenvalue weighted by Crippen LogP contribution is -2.12. The monoisotopic (exact) mass is 392 g/mol. The number of rotatable bonds is 7. The highest BCUT2D eigenvalue weighted by molar-refractivity contribution is 6.00. The van der Waals surface area contributed by atoms with Crippen LogP contribution < -0.4 is 10.1 Å². The lowest BCUT2D eigenvalue weighted by Gasteiger charge is -2.17. The Hall–Kier alpha value is -3.08. The first-order valence-corrected chi connectivity index (χ1v) is 9.94. The normalized spacial score (nSPS) is 12.0. The van der Waals surface area contributed by atoms with E-state index in [1.165, 1.54) is 7.11 Å². The Morgan fingerprint density at radius 3 is 2.55 bits per heavy atom. The molecule has 0 aliphatic rings. The molecule has 3 rings (SSSR count). The second-order valence-electron chi connectivity index (χ2n) is 7.75. The van der Waals surface area contributed by atoms with Gasteiger partial charge in [-0.3, -0.25) is 5.32 Å². The van der Waals surface area contributed by atoms with E-state index in [-0.39, 0.29) is 0 Å². The maximum absolute atomic E-state index is 11.5. The molecule has 2 aromatic carbocycles. The van der Waals surface area contributed by atoms with Crippen molar-refractivity contribution in [2.45, 2.75) is 27.2 Å². The molecule has 0 spiro atoms. The predicted octanol–water partition coefficient (Wildman–Crippen LogP) is 6.14. The molecule has 1 heterocycles. The van der Waals surface area contributed by atoms with Crippen LogP contribution in [0.3, 0.4) is 0 Å². The van der Waals surface area contributed by atoms with Gasteiger partial charge in [0.2, 0.25) is 0 Å². The maximum Gasteiger partial charge on any atom is 0.412 e. The summed E-state index contributed by atoms with van der Waals surface area (Å²) < 4.78 is 10.8. The number of ether oxygens (including phenoxy) is 2. The van der Waals surface area contributed by atoms with E-state index in [0.29, 0.717) is 24.3 Å². The van der Waals surface area contributed by atoms with E-state index in [4.69, 9.17) is 4.74 Å². The standard InChI is InChI=1S/C24H28N2O3/c1-16(2)13-17(3)15-29-22-10-9-19(20-7-5-6-8-21(20)22)18-11-12-25-23(14-18)26-24(27)28-4/h5-12,14,16-17H,13,15H2,1-4H3,(H,25,26,27). The largest absolute Gasteiger partial charge is 0.493 e. The Morgan fingerprint density at radius 2 is 1.83 bits per heavy atom. The minimum Gasteiger partial charge on any atom is -0.493 e. The quantitative estimate of drug-likeness (QED) is 0.524. The van der Waals surface area contributed by atoms with Crippen molar-refractivity contribution in [3.8, 4) is 16.9 Å². The van der Waals surface area contributed by atoms with Gasteiger partial charge in [0.1, 0.15) is 11.6 Å². The fraction of sp³-hybridized carbons (Fsp3) is 0.333. The van der Waals surface area contributed by atoms with E-state index < -0.39 is 6.09 Å². The van der Waals surface area contributed by atoms with E-state index >= 15 is 0 Å². The fourth-order valence-electron chi connectivity index (χ4n) is 3.58. The van der Waals surface area contributed by atoms with E-state index in [2.05, 4.69) is 54.0 Å². The molecule has 0 saturated carbocycles. The molecule has 29 heavy (non-hydrogen) atoms. The van der Waals surface area contributed by atoms with E-state index in [9.17, 15) is 4.79 Å². The summed E-state index contributed by atoms with van der Waals surface area (Å²) in [5.41, 5.74) is 2.01. The summed E-state index contributed by atoms with van der Waals surface area (Å²) in [4.78, 5) is 15.7. The van der Waals surface area contributed by atoms with Crippen molar-refractivity contribution in [3.05, 3.63) is 54.7 Å². The lowest BCUT2D eigenvalue weighted by atomic mass is 9.98. The average Bonchev–Trinajstić information content (AvgIpc) is 2.71. The number of aromatic nitrogens is 1. The number of nitrogens with one attached hydrogen (secondary N) is 1. The molecule has 3 aromatic rings. The van der Waals surface area contributed by atoms with Crippen molar-refractivity contribution < 1.29 is 14.3 Å². The molecule has 5 nitrogen and oxygen atoms in total. The zero-order chi connectivity index (χ0) is 20.8. The number of carbonyl (C=O) groups excluding carboxylic acids is 1. The molecule has 0 radical (unpaired) electrons. The molecule has 1 N–H and O–H groups in total.